The van der Waals surface area contributed by atoms with Gasteiger partial charge in [0.15, 0.2) is 5.79 Å². The molecule has 1 saturated heterocycles. The van der Waals surface area contributed by atoms with E-state index in [4.69, 9.17) is 9.47 Å². The van der Waals surface area contributed by atoms with Gasteiger partial charge in [0.2, 0.25) is 0 Å². The first-order valence-corrected chi connectivity index (χ1v) is 11.2. The highest BCUT2D eigenvalue weighted by molar-refractivity contribution is 5.87. The summed E-state index contributed by atoms with van der Waals surface area (Å²) in [6.07, 6.45) is 11.4. The minimum Gasteiger partial charge on any atom is -0.349 e. The van der Waals surface area contributed by atoms with Crippen LogP contribution in [0, 0.1) is 22.7 Å². The van der Waals surface area contributed by atoms with Crippen LogP contribution < -0.4 is 0 Å². The Hall–Kier alpha value is -1.19. The van der Waals surface area contributed by atoms with Crippen molar-refractivity contribution in [2.75, 3.05) is 13.2 Å². The predicted octanol–water partition coefficient (Wildman–Crippen LogP) is 5.52. The highest BCUT2D eigenvalue weighted by Gasteiger charge is 2.54. The van der Waals surface area contributed by atoms with E-state index in [0.29, 0.717) is 17.6 Å². The second-order valence-corrected chi connectivity index (χ2v) is 10.8. The Morgan fingerprint density at radius 3 is 2.57 bits per heavy atom. The number of carbonyl (C=O) groups is 1. The van der Waals surface area contributed by atoms with Crippen LogP contribution in [-0.4, -0.2) is 24.8 Å². The maximum absolute atomic E-state index is 12.6. The molecule has 1 aliphatic heterocycles. The summed E-state index contributed by atoms with van der Waals surface area (Å²) in [7, 11) is 0. The van der Waals surface area contributed by atoms with Crippen molar-refractivity contribution in [1.29, 1.82) is 0 Å². The molecule has 2 fully saturated rings. The predicted molar refractivity (Wildman–Crippen MR) is 110 cm³/mol. The molecule has 3 nitrogen and oxygen atoms in total. The number of Topliss-reactive ketones (excluding diaryl/α,β-unsaturated/α-hetero) is 1. The quantitative estimate of drug-likeness (QED) is 0.553. The molecule has 1 spiro atoms. The van der Waals surface area contributed by atoms with Gasteiger partial charge in [-0.3, -0.25) is 4.79 Å². The number of fused-ring (bicyclic) bond motifs is 4. The normalized spacial score (nSPS) is 40.2. The van der Waals surface area contributed by atoms with Gasteiger partial charge in [0, 0.05) is 30.1 Å². The van der Waals surface area contributed by atoms with Gasteiger partial charge in [-0.05, 0) is 66.7 Å². The molecule has 28 heavy (non-hydrogen) atoms. The highest BCUT2D eigenvalue weighted by atomic mass is 16.7. The highest BCUT2D eigenvalue weighted by Crippen LogP contribution is 2.59. The molecule has 0 amide bonds. The number of ether oxygens (including phenoxy) is 2. The molecule has 0 unspecified atom stereocenters. The van der Waals surface area contributed by atoms with Gasteiger partial charge < -0.3 is 9.47 Å². The summed E-state index contributed by atoms with van der Waals surface area (Å²) in [5, 5.41) is 0. The van der Waals surface area contributed by atoms with Crippen LogP contribution in [0.2, 0.25) is 0 Å². The number of ketones is 1. The zero-order chi connectivity index (χ0) is 19.7. The number of hydrogen-bond acceptors (Lipinski definition) is 3. The molecule has 0 radical (unpaired) electrons. The molecule has 0 aromatic rings. The second-order valence-electron chi connectivity index (χ2n) is 10.8. The van der Waals surface area contributed by atoms with Gasteiger partial charge >= 0.3 is 0 Å². The smallest absolute Gasteiger partial charge is 0.172 e. The number of hydrogen-bond donors (Lipinski definition) is 0. The zero-order valence-electron chi connectivity index (χ0n) is 17.9. The lowest BCUT2D eigenvalue weighted by atomic mass is 9.57. The lowest BCUT2D eigenvalue weighted by Gasteiger charge is -2.50. The fourth-order valence-electron chi connectivity index (χ4n) is 6.49. The van der Waals surface area contributed by atoms with Crippen LogP contribution >= 0.6 is 0 Å². The van der Waals surface area contributed by atoms with E-state index in [2.05, 4.69) is 39.8 Å². The molecule has 5 rings (SSSR count). The Bertz CT molecular complexity index is 802. The summed E-state index contributed by atoms with van der Waals surface area (Å²) in [6.45, 7) is 10.4. The monoisotopic (exact) mass is 382 g/mol. The van der Waals surface area contributed by atoms with Gasteiger partial charge in [-0.25, -0.2) is 0 Å². The average Bonchev–Trinajstić information content (AvgIpc) is 2.99. The Kier molecular flexibility index (Phi) is 4.13. The van der Waals surface area contributed by atoms with E-state index >= 15 is 0 Å². The van der Waals surface area contributed by atoms with Crippen LogP contribution in [0.5, 0.6) is 0 Å². The lowest BCUT2D eigenvalue weighted by molar-refractivity contribution is -0.302. The summed E-state index contributed by atoms with van der Waals surface area (Å²) in [6, 6.07) is 0. The Morgan fingerprint density at radius 2 is 1.86 bits per heavy atom. The summed E-state index contributed by atoms with van der Waals surface area (Å²) < 4.78 is 12.7. The molecule has 3 atom stereocenters. The Labute approximate surface area is 169 Å². The third kappa shape index (κ3) is 2.65. The van der Waals surface area contributed by atoms with Crippen molar-refractivity contribution in [3.05, 3.63) is 34.4 Å². The largest absolute Gasteiger partial charge is 0.349 e. The molecule has 0 bridgehead atoms. The van der Waals surface area contributed by atoms with Crippen molar-refractivity contribution >= 4 is 5.78 Å². The summed E-state index contributed by atoms with van der Waals surface area (Å²) >= 11 is 0. The Balaban J connectivity index is 1.50. The summed E-state index contributed by atoms with van der Waals surface area (Å²) in [5.74, 6) is 1.10. The van der Waals surface area contributed by atoms with Gasteiger partial charge in [-0.1, -0.05) is 32.9 Å². The van der Waals surface area contributed by atoms with Gasteiger partial charge in [-0.15, -0.1) is 0 Å². The minimum atomic E-state index is -0.428. The summed E-state index contributed by atoms with van der Waals surface area (Å²) in [5.41, 5.74) is 6.03. The molecule has 0 aromatic carbocycles. The molecule has 0 aromatic heterocycles. The molecular weight excluding hydrogens is 348 g/mol. The van der Waals surface area contributed by atoms with Crippen LogP contribution in [0.1, 0.15) is 72.6 Å². The van der Waals surface area contributed by atoms with Crippen molar-refractivity contribution in [2.45, 2.75) is 78.4 Å². The molecule has 4 aliphatic carbocycles. The number of rotatable bonds is 0. The first kappa shape index (κ1) is 18.8. The SMILES string of the molecule is C/C=C1\C[C@@H]2C(=CC[C@]3(C)C(=O)CC[C@@H]23)C2=C1CC1(CC2)OCC(C)(C)CO1. The van der Waals surface area contributed by atoms with Crippen molar-refractivity contribution in [3.8, 4) is 0 Å². The van der Waals surface area contributed by atoms with Crippen molar-refractivity contribution in [1.82, 2.24) is 0 Å². The van der Waals surface area contributed by atoms with E-state index in [1.165, 1.54) is 11.1 Å². The Morgan fingerprint density at radius 1 is 1.11 bits per heavy atom. The maximum Gasteiger partial charge on any atom is 0.172 e. The van der Waals surface area contributed by atoms with Gasteiger partial charge in [-0.2, -0.15) is 0 Å². The van der Waals surface area contributed by atoms with Gasteiger partial charge in [0.25, 0.3) is 0 Å². The maximum atomic E-state index is 12.6. The standard InChI is InChI=1S/C25H34O3/c1-5-16-12-19-17(8-10-24(4)21(19)6-7-22(24)26)18-9-11-25(13-20(16)18)27-14-23(2,3)15-28-25/h5,8,19,21H,6-7,9-15H2,1-4H3/b16-5+/t19-,21+,24+/m1/s1. The minimum absolute atomic E-state index is 0.104. The van der Waals surface area contributed by atoms with E-state index in [1.807, 2.05) is 0 Å². The topological polar surface area (TPSA) is 35.5 Å². The van der Waals surface area contributed by atoms with Crippen LogP contribution in [0.15, 0.2) is 34.4 Å². The fourth-order valence-corrected chi connectivity index (χ4v) is 6.49. The van der Waals surface area contributed by atoms with Gasteiger partial charge in [0.1, 0.15) is 5.78 Å². The third-order valence-electron chi connectivity index (χ3n) is 8.31. The van der Waals surface area contributed by atoms with E-state index < -0.39 is 5.79 Å². The van der Waals surface area contributed by atoms with Crippen molar-refractivity contribution in [3.63, 3.8) is 0 Å². The first-order chi connectivity index (χ1) is 13.3. The van der Waals surface area contributed by atoms with Crippen molar-refractivity contribution in [2.24, 2.45) is 22.7 Å². The number of allylic oxidation sites excluding steroid dienone is 5. The molecular formula is C25H34O3. The molecule has 152 valence electrons. The molecule has 3 heteroatoms. The van der Waals surface area contributed by atoms with E-state index in [0.717, 1.165) is 58.2 Å². The summed E-state index contributed by atoms with van der Waals surface area (Å²) in [4.78, 5) is 12.6. The molecule has 5 aliphatic rings. The average molecular weight is 383 g/mol. The zero-order valence-corrected chi connectivity index (χ0v) is 17.9. The van der Waals surface area contributed by atoms with E-state index in [1.54, 1.807) is 11.1 Å². The van der Waals surface area contributed by atoms with Crippen LogP contribution in [0.4, 0.5) is 0 Å². The molecule has 1 saturated carbocycles. The van der Waals surface area contributed by atoms with Crippen LogP contribution in [0.25, 0.3) is 0 Å². The number of carbonyl (C=O) groups excluding carboxylic acids is 1. The van der Waals surface area contributed by atoms with Gasteiger partial charge in [0.05, 0.1) is 13.2 Å². The molecule has 0 N–H and O–H groups in total. The molecule has 1 heterocycles. The second kappa shape index (κ2) is 6.15. The third-order valence-corrected chi connectivity index (χ3v) is 8.31. The van der Waals surface area contributed by atoms with Crippen LogP contribution in [0.3, 0.4) is 0 Å². The van der Waals surface area contributed by atoms with Crippen LogP contribution in [-0.2, 0) is 14.3 Å². The van der Waals surface area contributed by atoms with Crippen molar-refractivity contribution < 1.29 is 14.3 Å². The van der Waals surface area contributed by atoms with E-state index in [9.17, 15) is 4.79 Å². The van der Waals surface area contributed by atoms with E-state index in [-0.39, 0.29) is 10.8 Å². The lowest BCUT2D eigenvalue weighted by Crippen LogP contribution is -2.50. The fraction of sp³-hybridized carbons (Fsp3) is 0.720. The first-order valence-electron chi connectivity index (χ1n) is 11.2.